The third-order valence-corrected chi connectivity index (χ3v) is 3.15. The number of rotatable bonds is 0. The lowest BCUT2D eigenvalue weighted by molar-refractivity contribution is -0.121. The molecule has 2 heterocycles. The molecule has 0 bridgehead atoms. The molecule has 0 atom stereocenters. The molecule has 0 N–H and O–H groups in total. The third-order valence-electron chi connectivity index (χ3n) is 3.15. The van der Waals surface area contributed by atoms with Crippen LogP contribution in [0.4, 0.5) is 0 Å². The van der Waals surface area contributed by atoms with E-state index in [1.54, 1.807) is 29.2 Å². The van der Waals surface area contributed by atoms with Crippen LogP contribution in [-0.2, 0) is 4.79 Å². The van der Waals surface area contributed by atoms with Gasteiger partial charge in [-0.1, -0.05) is 6.08 Å². The summed E-state index contributed by atoms with van der Waals surface area (Å²) >= 11 is 0. The molecule has 0 unspecified atom stereocenters. The number of carbonyl (C=O) groups is 1. The summed E-state index contributed by atoms with van der Waals surface area (Å²) in [6.45, 7) is 4.16. The highest BCUT2D eigenvalue weighted by Crippen LogP contribution is 2.32. The first-order chi connectivity index (χ1) is 9.50. The summed E-state index contributed by atoms with van der Waals surface area (Å²) in [6, 6.07) is 7.24. The van der Waals surface area contributed by atoms with Gasteiger partial charge in [-0.3, -0.25) is 9.69 Å². The smallest absolute Gasteiger partial charge is 0.252 e. The molecule has 1 amide bonds. The average molecular weight is 267 g/mol. The van der Waals surface area contributed by atoms with Crippen LogP contribution < -0.4 is 4.74 Å². The molecule has 0 aromatic heterocycles. The molecule has 0 aliphatic carbocycles. The number of ether oxygens (including phenoxy) is 1. The molecule has 0 saturated heterocycles. The van der Waals surface area contributed by atoms with Crippen molar-refractivity contribution >= 4 is 11.7 Å². The highest BCUT2D eigenvalue weighted by molar-refractivity contribution is 6.13. The van der Waals surface area contributed by atoms with Crippen molar-refractivity contribution in [1.82, 2.24) is 4.90 Å². The van der Waals surface area contributed by atoms with Gasteiger partial charge in [-0.25, -0.2) is 4.99 Å². The second-order valence-corrected chi connectivity index (χ2v) is 5.16. The van der Waals surface area contributed by atoms with Crippen molar-refractivity contribution in [1.29, 1.82) is 5.26 Å². The van der Waals surface area contributed by atoms with Crippen molar-refractivity contribution in [2.45, 2.75) is 19.6 Å². The summed E-state index contributed by atoms with van der Waals surface area (Å²) in [4.78, 5) is 18.0. The zero-order valence-corrected chi connectivity index (χ0v) is 11.3. The van der Waals surface area contributed by atoms with E-state index in [-0.39, 0.29) is 5.91 Å². The normalized spacial score (nSPS) is 19.1. The van der Waals surface area contributed by atoms with Gasteiger partial charge < -0.3 is 4.74 Å². The van der Waals surface area contributed by atoms with E-state index in [4.69, 9.17) is 10.00 Å². The molecule has 0 radical (unpaired) electrons. The molecular formula is C15H13N3O2. The van der Waals surface area contributed by atoms with Gasteiger partial charge >= 0.3 is 0 Å². The van der Waals surface area contributed by atoms with Crippen molar-refractivity contribution in [3.63, 3.8) is 0 Å². The first-order valence-electron chi connectivity index (χ1n) is 6.31. The Labute approximate surface area is 116 Å². The minimum Gasteiger partial charge on any atom is -0.466 e. The molecule has 2 aliphatic heterocycles. The molecule has 0 fully saturated rings. The number of amides is 1. The minimum absolute atomic E-state index is 0.102. The second-order valence-electron chi connectivity index (χ2n) is 5.16. The van der Waals surface area contributed by atoms with Crippen LogP contribution in [0.2, 0.25) is 0 Å². The fraction of sp³-hybridized carbons (Fsp3) is 0.267. The van der Waals surface area contributed by atoms with Crippen LogP contribution in [0.3, 0.4) is 0 Å². The van der Waals surface area contributed by atoms with Gasteiger partial charge in [0.25, 0.3) is 5.91 Å². The van der Waals surface area contributed by atoms with Crippen LogP contribution in [0.25, 0.3) is 0 Å². The highest BCUT2D eigenvalue weighted by Gasteiger charge is 2.33. The van der Waals surface area contributed by atoms with E-state index < -0.39 is 5.72 Å². The van der Waals surface area contributed by atoms with Crippen molar-refractivity contribution < 1.29 is 9.53 Å². The lowest BCUT2D eigenvalue weighted by Gasteiger charge is -2.32. The highest BCUT2D eigenvalue weighted by atomic mass is 16.5. The first-order valence-corrected chi connectivity index (χ1v) is 6.31. The van der Waals surface area contributed by atoms with Crippen molar-refractivity contribution in [2.24, 2.45) is 4.99 Å². The number of aliphatic imine (C=N–C) groups is 1. The van der Waals surface area contributed by atoms with E-state index in [1.165, 1.54) is 6.08 Å². The van der Waals surface area contributed by atoms with Gasteiger partial charge in [-0.2, -0.15) is 5.26 Å². The Morgan fingerprint density at radius 2 is 2.25 bits per heavy atom. The molecule has 0 spiro atoms. The molecule has 20 heavy (non-hydrogen) atoms. The summed E-state index contributed by atoms with van der Waals surface area (Å²) in [6.07, 6.45) is 3.32. The fourth-order valence-corrected chi connectivity index (χ4v) is 2.31. The lowest BCUT2D eigenvalue weighted by atomic mass is 10.1. The second kappa shape index (κ2) is 4.20. The molecule has 100 valence electrons. The molecule has 1 aromatic rings. The maximum absolute atomic E-state index is 11.9. The van der Waals surface area contributed by atoms with E-state index in [9.17, 15) is 4.79 Å². The first kappa shape index (κ1) is 12.4. The molecular weight excluding hydrogens is 254 g/mol. The molecule has 3 rings (SSSR count). The average Bonchev–Trinajstić information content (AvgIpc) is 2.82. The summed E-state index contributed by atoms with van der Waals surface area (Å²) in [7, 11) is 0. The summed E-state index contributed by atoms with van der Waals surface area (Å²) in [5.41, 5.74) is 0.458. The number of hydrogen-bond acceptors (Lipinski definition) is 4. The third kappa shape index (κ3) is 1.95. The van der Waals surface area contributed by atoms with Crippen LogP contribution in [0.5, 0.6) is 5.75 Å². The Morgan fingerprint density at radius 1 is 1.45 bits per heavy atom. The quantitative estimate of drug-likeness (QED) is 0.720. The zero-order valence-electron chi connectivity index (χ0n) is 11.3. The maximum atomic E-state index is 11.9. The van der Waals surface area contributed by atoms with E-state index in [2.05, 4.69) is 11.1 Å². The molecule has 2 aliphatic rings. The monoisotopic (exact) mass is 267 g/mol. The topological polar surface area (TPSA) is 65.7 Å². The summed E-state index contributed by atoms with van der Waals surface area (Å²) in [5.74, 6) is 1.09. The van der Waals surface area contributed by atoms with Gasteiger partial charge in [0.1, 0.15) is 11.6 Å². The van der Waals surface area contributed by atoms with E-state index in [0.717, 1.165) is 0 Å². The number of benzene rings is 1. The van der Waals surface area contributed by atoms with Crippen molar-refractivity contribution in [2.75, 3.05) is 6.54 Å². The SMILES string of the molecule is CC1(C)N=C(N2CC=CC2=O)c2cc(C#N)ccc2O1. The van der Waals surface area contributed by atoms with E-state index >= 15 is 0 Å². The van der Waals surface area contributed by atoms with Gasteiger partial charge in [0.05, 0.1) is 17.2 Å². The molecule has 0 saturated carbocycles. The maximum Gasteiger partial charge on any atom is 0.252 e. The Hall–Kier alpha value is -2.61. The molecule has 1 aromatic carbocycles. The van der Waals surface area contributed by atoms with Crippen LogP contribution >= 0.6 is 0 Å². The minimum atomic E-state index is -0.737. The van der Waals surface area contributed by atoms with Gasteiger partial charge in [-0.15, -0.1) is 0 Å². The van der Waals surface area contributed by atoms with Gasteiger partial charge in [0, 0.05) is 12.6 Å². The van der Waals surface area contributed by atoms with Gasteiger partial charge in [-0.05, 0) is 32.0 Å². The van der Waals surface area contributed by atoms with Gasteiger partial charge in [0.15, 0.2) is 5.72 Å². The van der Waals surface area contributed by atoms with Crippen LogP contribution in [0.15, 0.2) is 35.3 Å². The summed E-state index contributed by atoms with van der Waals surface area (Å²) < 4.78 is 5.79. The van der Waals surface area contributed by atoms with E-state index in [0.29, 0.717) is 29.3 Å². The Kier molecular flexibility index (Phi) is 2.61. The number of nitrogens with zero attached hydrogens (tertiary/aromatic N) is 3. The Morgan fingerprint density at radius 3 is 2.90 bits per heavy atom. The molecule has 5 nitrogen and oxygen atoms in total. The Bertz CT molecular complexity index is 696. The number of fused-ring (bicyclic) bond motifs is 1. The Balaban J connectivity index is 2.14. The largest absolute Gasteiger partial charge is 0.466 e. The number of nitriles is 1. The van der Waals surface area contributed by atoms with Crippen LogP contribution in [0.1, 0.15) is 25.0 Å². The van der Waals surface area contributed by atoms with Crippen LogP contribution in [-0.4, -0.2) is 28.9 Å². The van der Waals surface area contributed by atoms with E-state index in [1.807, 2.05) is 13.8 Å². The number of hydrogen-bond donors (Lipinski definition) is 0. The van der Waals surface area contributed by atoms with Crippen molar-refractivity contribution in [3.8, 4) is 11.8 Å². The lowest BCUT2D eigenvalue weighted by Crippen LogP contribution is -2.41. The summed E-state index contributed by atoms with van der Waals surface area (Å²) in [5, 5.41) is 9.02. The van der Waals surface area contributed by atoms with Gasteiger partial charge in [0.2, 0.25) is 0 Å². The zero-order chi connectivity index (χ0) is 14.3. The standard InChI is InChI=1S/C15H13N3O2/c1-15(2)17-14(18-7-3-4-13(18)19)11-8-10(9-16)5-6-12(11)20-15/h3-6,8H,7H2,1-2H3. The molecule has 5 heteroatoms. The fourth-order valence-electron chi connectivity index (χ4n) is 2.31. The van der Waals surface area contributed by atoms with Crippen molar-refractivity contribution in [3.05, 3.63) is 41.5 Å². The predicted molar refractivity (Wildman–Crippen MR) is 73.3 cm³/mol. The predicted octanol–water partition coefficient (Wildman–Crippen LogP) is 1.83. The number of amidine groups is 1. The number of carbonyl (C=O) groups excluding carboxylic acids is 1. The van der Waals surface area contributed by atoms with Crippen LogP contribution in [0, 0.1) is 11.3 Å².